The molecule has 4 rings (SSSR count). The Hall–Kier alpha value is -1.93. The number of nitrogens with one attached hydrogen (secondary N) is 3. The van der Waals surface area contributed by atoms with Crippen molar-refractivity contribution in [3.05, 3.63) is 41.3 Å². The van der Waals surface area contributed by atoms with E-state index in [2.05, 4.69) is 34.8 Å². The van der Waals surface area contributed by atoms with Crippen LogP contribution in [0.1, 0.15) is 52.4 Å². The normalized spacial score (nSPS) is 22.7. The summed E-state index contributed by atoms with van der Waals surface area (Å²) >= 11 is 6.54. The zero-order chi connectivity index (χ0) is 25.5. The Morgan fingerprint density at radius 3 is 2.61 bits per heavy atom. The van der Waals surface area contributed by atoms with E-state index in [1.165, 1.54) is 6.07 Å². The molecule has 1 aliphatic carbocycles. The predicted octanol–water partition coefficient (Wildman–Crippen LogP) is 6.12. The molecule has 198 valence electrons. The summed E-state index contributed by atoms with van der Waals surface area (Å²) in [6.45, 7) is 7.34. The van der Waals surface area contributed by atoms with Crippen molar-refractivity contribution in [2.75, 3.05) is 44.1 Å². The fourth-order valence-electron chi connectivity index (χ4n) is 5.23. The summed E-state index contributed by atoms with van der Waals surface area (Å²) in [4.78, 5) is 4.52. The van der Waals surface area contributed by atoms with Crippen LogP contribution in [0.2, 0.25) is 5.02 Å². The van der Waals surface area contributed by atoms with E-state index in [1.54, 1.807) is 19.4 Å². The minimum absolute atomic E-state index is 0.0996. The fourth-order valence-corrected chi connectivity index (χ4v) is 5.44. The van der Waals surface area contributed by atoms with Gasteiger partial charge in [0.1, 0.15) is 11.6 Å². The molecule has 1 saturated carbocycles. The monoisotopic (exact) mass is 518 g/mol. The number of pyridine rings is 1. The quantitative estimate of drug-likeness (QED) is 0.352. The maximum atomic E-state index is 14.6. The van der Waals surface area contributed by atoms with Crippen LogP contribution in [-0.4, -0.2) is 56.6 Å². The summed E-state index contributed by atoms with van der Waals surface area (Å²) in [5.74, 6) is 0.537. The Morgan fingerprint density at radius 2 is 1.89 bits per heavy atom. The minimum Gasteiger partial charge on any atom is -0.383 e. The lowest BCUT2D eigenvalue weighted by atomic mass is 9.82. The second kappa shape index (κ2) is 12.5. The number of ether oxygens (including phenoxy) is 2. The Kier molecular flexibility index (Phi) is 9.45. The molecule has 0 bridgehead atoms. The fraction of sp³-hybridized carbons (Fsp3) is 0.607. The number of methoxy groups -OCH3 is 1. The standard InChI is InChI=1S/C28H40ClFN4O2/c1-19(17-35-3)33-21-5-7-22(8-6-21)34-27-15-23(24(29)16-31-27)20-4-9-25(30)26(14-20)32-18-28(2)10-12-36-13-11-28/h4,9,14-16,19,21-22,32-33H,5-8,10-13,17-18H2,1-3H3,(H,31,34)/t19-,21?,22?/m1/s1. The Morgan fingerprint density at radius 1 is 1.17 bits per heavy atom. The lowest BCUT2D eigenvalue weighted by Gasteiger charge is -2.34. The van der Waals surface area contributed by atoms with Crippen LogP contribution in [0.15, 0.2) is 30.5 Å². The molecule has 1 atom stereocenters. The Labute approximate surface area is 219 Å². The van der Waals surface area contributed by atoms with Gasteiger partial charge in [-0.1, -0.05) is 24.6 Å². The first-order chi connectivity index (χ1) is 17.3. The molecule has 1 saturated heterocycles. The van der Waals surface area contributed by atoms with E-state index in [9.17, 15) is 4.39 Å². The van der Waals surface area contributed by atoms with Crippen molar-refractivity contribution in [1.29, 1.82) is 0 Å². The van der Waals surface area contributed by atoms with E-state index < -0.39 is 0 Å². The zero-order valence-corrected chi connectivity index (χ0v) is 22.5. The second-order valence-electron chi connectivity index (χ2n) is 10.7. The maximum absolute atomic E-state index is 14.6. The smallest absolute Gasteiger partial charge is 0.146 e. The predicted molar refractivity (Wildman–Crippen MR) is 145 cm³/mol. The van der Waals surface area contributed by atoms with E-state index in [4.69, 9.17) is 21.1 Å². The molecule has 0 unspecified atom stereocenters. The molecule has 2 aromatic rings. The van der Waals surface area contributed by atoms with Gasteiger partial charge >= 0.3 is 0 Å². The number of halogens is 2. The Balaban J connectivity index is 1.39. The van der Waals surface area contributed by atoms with Crippen molar-refractivity contribution in [2.45, 2.75) is 70.5 Å². The molecule has 0 spiro atoms. The van der Waals surface area contributed by atoms with Crippen LogP contribution < -0.4 is 16.0 Å². The highest BCUT2D eigenvalue weighted by Gasteiger charge is 2.27. The molecular weight excluding hydrogens is 479 g/mol. The third-order valence-corrected chi connectivity index (χ3v) is 7.86. The minimum atomic E-state index is -0.261. The molecule has 36 heavy (non-hydrogen) atoms. The maximum Gasteiger partial charge on any atom is 0.146 e. The lowest BCUT2D eigenvalue weighted by Crippen LogP contribution is -2.42. The topological polar surface area (TPSA) is 67.4 Å². The molecule has 1 aliphatic heterocycles. The van der Waals surface area contributed by atoms with Crippen LogP contribution in [-0.2, 0) is 9.47 Å². The lowest BCUT2D eigenvalue weighted by molar-refractivity contribution is 0.0300. The summed E-state index contributed by atoms with van der Waals surface area (Å²) in [6, 6.07) is 8.36. The van der Waals surface area contributed by atoms with E-state index in [0.717, 1.165) is 75.3 Å². The van der Waals surface area contributed by atoms with Crippen molar-refractivity contribution in [3.63, 3.8) is 0 Å². The van der Waals surface area contributed by atoms with Crippen LogP contribution in [0.3, 0.4) is 0 Å². The van der Waals surface area contributed by atoms with Gasteiger partial charge in [-0.15, -0.1) is 0 Å². The van der Waals surface area contributed by atoms with Crippen LogP contribution >= 0.6 is 11.6 Å². The number of hydrogen-bond donors (Lipinski definition) is 3. The third kappa shape index (κ3) is 7.31. The van der Waals surface area contributed by atoms with E-state index >= 15 is 0 Å². The average Bonchev–Trinajstić information content (AvgIpc) is 2.87. The summed E-state index contributed by atoms with van der Waals surface area (Å²) in [5, 5.41) is 11.1. The largest absolute Gasteiger partial charge is 0.383 e. The summed E-state index contributed by atoms with van der Waals surface area (Å²) in [6.07, 6.45) is 8.00. The highest BCUT2D eigenvalue weighted by molar-refractivity contribution is 6.33. The molecular formula is C28H40ClFN4O2. The average molecular weight is 519 g/mol. The van der Waals surface area contributed by atoms with Gasteiger partial charge in [0.15, 0.2) is 0 Å². The van der Waals surface area contributed by atoms with Crippen LogP contribution in [0.25, 0.3) is 11.1 Å². The van der Waals surface area contributed by atoms with Crippen molar-refractivity contribution < 1.29 is 13.9 Å². The molecule has 2 fully saturated rings. The van der Waals surface area contributed by atoms with Gasteiger partial charge in [-0.05, 0) is 74.6 Å². The number of aromatic nitrogens is 1. The van der Waals surface area contributed by atoms with Gasteiger partial charge in [0.2, 0.25) is 0 Å². The van der Waals surface area contributed by atoms with Crippen LogP contribution in [0.5, 0.6) is 0 Å². The summed E-state index contributed by atoms with van der Waals surface area (Å²) in [5.41, 5.74) is 2.31. The zero-order valence-electron chi connectivity index (χ0n) is 21.7. The molecule has 8 heteroatoms. The highest BCUT2D eigenvalue weighted by atomic mass is 35.5. The molecule has 2 aliphatic rings. The van der Waals surface area contributed by atoms with Crippen molar-refractivity contribution in [1.82, 2.24) is 10.3 Å². The van der Waals surface area contributed by atoms with E-state index in [0.29, 0.717) is 35.4 Å². The van der Waals surface area contributed by atoms with Crippen molar-refractivity contribution >= 4 is 23.1 Å². The van der Waals surface area contributed by atoms with Gasteiger partial charge < -0.3 is 25.4 Å². The van der Waals surface area contributed by atoms with Gasteiger partial charge in [0.25, 0.3) is 0 Å². The second-order valence-corrected chi connectivity index (χ2v) is 11.1. The third-order valence-electron chi connectivity index (χ3n) is 7.55. The molecule has 1 aromatic carbocycles. The SMILES string of the molecule is COC[C@@H](C)NC1CCC(Nc2cc(-c3ccc(F)c(NCC4(C)CCOCC4)c3)c(Cl)cn2)CC1. The van der Waals surface area contributed by atoms with E-state index in [1.807, 2.05) is 12.1 Å². The molecule has 0 amide bonds. The molecule has 0 radical (unpaired) electrons. The molecule has 6 nitrogen and oxygen atoms in total. The molecule has 3 N–H and O–H groups in total. The summed E-state index contributed by atoms with van der Waals surface area (Å²) < 4.78 is 25.4. The first kappa shape index (κ1) is 27.1. The number of rotatable bonds is 10. The summed E-state index contributed by atoms with van der Waals surface area (Å²) in [7, 11) is 1.74. The number of nitrogens with zero attached hydrogens (tertiary/aromatic N) is 1. The van der Waals surface area contributed by atoms with Gasteiger partial charge in [0, 0.05) is 56.8 Å². The Bertz CT molecular complexity index is 994. The van der Waals surface area contributed by atoms with Gasteiger partial charge in [0.05, 0.1) is 17.3 Å². The first-order valence-corrected chi connectivity index (χ1v) is 13.5. The number of hydrogen-bond acceptors (Lipinski definition) is 6. The molecule has 2 heterocycles. The highest BCUT2D eigenvalue weighted by Crippen LogP contribution is 2.34. The van der Waals surface area contributed by atoms with Gasteiger partial charge in [-0.25, -0.2) is 9.37 Å². The van der Waals surface area contributed by atoms with Gasteiger partial charge in [-0.2, -0.15) is 0 Å². The van der Waals surface area contributed by atoms with Crippen LogP contribution in [0.4, 0.5) is 15.9 Å². The van der Waals surface area contributed by atoms with Gasteiger partial charge in [-0.3, -0.25) is 0 Å². The van der Waals surface area contributed by atoms with Crippen molar-refractivity contribution in [2.24, 2.45) is 5.41 Å². The molecule has 1 aromatic heterocycles. The first-order valence-electron chi connectivity index (χ1n) is 13.1. The number of anilines is 2. The van der Waals surface area contributed by atoms with Crippen LogP contribution in [0, 0.1) is 11.2 Å². The number of benzene rings is 1. The van der Waals surface area contributed by atoms with E-state index in [-0.39, 0.29) is 11.2 Å². The van der Waals surface area contributed by atoms with Crippen molar-refractivity contribution in [3.8, 4) is 11.1 Å².